The molecular weight excluding hydrogens is 368 g/mol. The molecule has 6 nitrogen and oxygen atoms in total. The quantitative estimate of drug-likeness (QED) is 0.753. The molecule has 0 aromatic heterocycles. The van der Waals surface area contributed by atoms with Crippen LogP contribution in [0.4, 0.5) is 5.69 Å². The Hall–Kier alpha value is -3.02. The molecule has 4 rings (SSSR count). The Morgan fingerprint density at radius 2 is 1.90 bits per heavy atom. The third-order valence-electron chi connectivity index (χ3n) is 5.68. The van der Waals surface area contributed by atoms with Crippen LogP contribution in [-0.2, 0) is 17.8 Å². The molecule has 1 aliphatic carbocycles. The topological polar surface area (TPSA) is 59.1 Å². The van der Waals surface area contributed by atoms with Gasteiger partial charge in [0.2, 0.25) is 5.91 Å². The summed E-state index contributed by atoms with van der Waals surface area (Å²) in [5.41, 5.74) is 3.57. The van der Waals surface area contributed by atoms with Gasteiger partial charge in [0.25, 0.3) is 5.91 Å². The summed E-state index contributed by atoms with van der Waals surface area (Å²) >= 11 is 0. The van der Waals surface area contributed by atoms with Crippen LogP contribution in [0, 0.1) is 0 Å². The zero-order valence-corrected chi connectivity index (χ0v) is 17.1. The number of benzene rings is 2. The summed E-state index contributed by atoms with van der Waals surface area (Å²) in [6.07, 6.45) is 2.81. The predicted molar refractivity (Wildman–Crippen MR) is 111 cm³/mol. The Bertz CT molecular complexity index is 952. The highest BCUT2D eigenvalue weighted by molar-refractivity contribution is 5.98. The third kappa shape index (κ3) is 3.79. The number of carbonyl (C=O) groups is 2. The van der Waals surface area contributed by atoms with Gasteiger partial charge >= 0.3 is 0 Å². The first-order valence-electron chi connectivity index (χ1n) is 9.94. The van der Waals surface area contributed by atoms with Gasteiger partial charge in [-0.15, -0.1) is 0 Å². The Morgan fingerprint density at radius 3 is 2.55 bits per heavy atom. The summed E-state index contributed by atoms with van der Waals surface area (Å²) in [6, 6.07) is 11.6. The molecule has 0 atom stereocenters. The van der Waals surface area contributed by atoms with Crippen molar-refractivity contribution < 1.29 is 19.1 Å². The smallest absolute Gasteiger partial charge is 0.254 e. The molecule has 0 radical (unpaired) electrons. The van der Waals surface area contributed by atoms with E-state index in [1.807, 2.05) is 41.3 Å². The highest BCUT2D eigenvalue weighted by Crippen LogP contribution is 2.34. The molecule has 1 heterocycles. The normalized spacial score (nSPS) is 15.1. The Kier molecular flexibility index (Phi) is 5.18. The minimum atomic E-state index is 0.0152. The Morgan fingerprint density at radius 1 is 1.10 bits per heavy atom. The number of amides is 2. The van der Waals surface area contributed by atoms with Gasteiger partial charge in [-0.05, 0) is 61.2 Å². The second kappa shape index (κ2) is 7.78. The van der Waals surface area contributed by atoms with Crippen molar-refractivity contribution in [2.45, 2.75) is 38.8 Å². The van der Waals surface area contributed by atoms with Gasteiger partial charge in [0.15, 0.2) is 0 Å². The second-order valence-electron chi connectivity index (χ2n) is 7.61. The van der Waals surface area contributed by atoms with E-state index in [1.165, 1.54) is 0 Å². The van der Waals surface area contributed by atoms with E-state index in [0.717, 1.165) is 47.6 Å². The first kappa shape index (κ1) is 19.3. The monoisotopic (exact) mass is 394 g/mol. The van der Waals surface area contributed by atoms with E-state index in [-0.39, 0.29) is 17.9 Å². The van der Waals surface area contributed by atoms with Crippen LogP contribution < -0.4 is 14.4 Å². The van der Waals surface area contributed by atoms with E-state index in [0.29, 0.717) is 18.7 Å². The lowest BCUT2D eigenvalue weighted by molar-refractivity contribution is -0.116. The van der Waals surface area contributed by atoms with E-state index in [2.05, 4.69) is 0 Å². The van der Waals surface area contributed by atoms with Gasteiger partial charge in [-0.25, -0.2) is 0 Å². The molecule has 2 amide bonds. The lowest BCUT2D eigenvalue weighted by Gasteiger charge is -2.24. The van der Waals surface area contributed by atoms with E-state index < -0.39 is 0 Å². The number of carbonyl (C=O) groups excluding carboxylic acids is 2. The summed E-state index contributed by atoms with van der Waals surface area (Å²) in [5.74, 6) is 1.54. The molecule has 1 fully saturated rings. The number of ether oxygens (including phenoxy) is 2. The first-order valence-corrected chi connectivity index (χ1v) is 9.94. The summed E-state index contributed by atoms with van der Waals surface area (Å²) in [7, 11) is 3.26. The van der Waals surface area contributed by atoms with Crippen molar-refractivity contribution in [2.75, 3.05) is 25.7 Å². The van der Waals surface area contributed by atoms with Crippen molar-refractivity contribution in [2.24, 2.45) is 0 Å². The van der Waals surface area contributed by atoms with Crippen LogP contribution in [0.25, 0.3) is 0 Å². The van der Waals surface area contributed by atoms with Gasteiger partial charge in [0, 0.05) is 36.3 Å². The standard InChI is InChI=1S/C23H26N2O4/c1-15(26)24-11-10-16-12-17(4-8-21(16)24)23(27)25(19-5-6-19)14-18-13-20(28-2)7-9-22(18)29-3/h4,7-9,12-13,19H,5-6,10-11,14H2,1-3H3. The van der Waals surface area contributed by atoms with Gasteiger partial charge in [0.1, 0.15) is 11.5 Å². The maximum atomic E-state index is 13.4. The van der Waals surface area contributed by atoms with Gasteiger partial charge in [-0.1, -0.05) is 0 Å². The van der Waals surface area contributed by atoms with Crippen LogP contribution >= 0.6 is 0 Å². The molecule has 152 valence electrons. The van der Waals surface area contributed by atoms with Gasteiger partial charge in [-0.3, -0.25) is 9.59 Å². The fourth-order valence-electron chi connectivity index (χ4n) is 3.97. The zero-order chi connectivity index (χ0) is 20.5. The lowest BCUT2D eigenvalue weighted by Crippen LogP contribution is -2.32. The number of fused-ring (bicyclic) bond motifs is 1. The van der Waals surface area contributed by atoms with Crippen LogP contribution in [0.1, 0.15) is 41.3 Å². The van der Waals surface area contributed by atoms with Gasteiger partial charge < -0.3 is 19.3 Å². The van der Waals surface area contributed by atoms with Crippen molar-refractivity contribution in [1.29, 1.82) is 0 Å². The fourth-order valence-corrected chi connectivity index (χ4v) is 3.97. The van der Waals surface area contributed by atoms with Crippen LogP contribution in [-0.4, -0.2) is 43.5 Å². The van der Waals surface area contributed by atoms with Crippen LogP contribution in [0.15, 0.2) is 36.4 Å². The highest BCUT2D eigenvalue weighted by Gasteiger charge is 2.34. The summed E-state index contributed by atoms with van der Waals surface area (Å²) in [4.78, 5) is 28.8. The minimum absolute atomic E-state index is 0.0152. The number of nitrogens with zero attached hydrogens (tertiary/aromatic N) is 2. The zero-order valence-electron chi connectivity index (χ0n) is 17.1. The maximum absolute atomic E-state index is 13.4. The van der Waals surface area contributed by atoms with E-state index in [9.17, 15) is 9.59 Å². The average Bonchev–Trinajstić information content (AvgIpc) is 3.48. The molecule has 0 saturated heterocycles. The Labute approximate surface area is 171 Å². The predicted octanol–water partition coefficient (Wildman–Crippen LogP) is 3.42. The molecule has 1 aliphatic heterocycles. The molecule has 0 unspecified atom stereocenters. The summed E-state index contributed by atoms with van der Waals surface area (Å²) in [6.45, 7) is 2.72. The minimum Gasteiger partial charge on any atom is -0.497 e. The number of rotatable bonds is 6. The average molecular weight is 394 g/mol. The molecular formula is C23H26N2O4. The lowest BCUT2D eigenvalue weighted by atomic mass is 10.1. The van der Waals surface area contributed by atoms with E-state index in [1.54, 1.807) is 26.0 Å². The molecule has 1 saturated carbocycles. The van der Waals surface area contributed by atoms with Gasteiger partial charge in [-0.2, -0.15) is 0 Å². The number of hydrogen-bond acceptors (Lipinski definition) is 4. The van der Waals surface area contributed by atoms with Crippen LogP contribution in [0.5, 0.6) is 11.5 Å². The van der Waals surface area contributed by atoms with Crippen molar-refractivity contribution >= 4 is 17.5 Å². The molecule has 2 aliphatic rings. The summed E-state index contributed by atoms with van der Waals surface area (Å²) in [5, 5.41) is 0. The Balaban J connectivity index is 1.61. The molecule has 2 aromatic rings. The van der Waals surface area contributed by atoms with Crippen molar-refractivity contribution in [1.82, 2.24) is 4.90 Å². The molecule has 0 N–H and O–H groups in total. The summed E-state index contributed by atoms with van der Waals surface area (Å²) < 4.78 is 10.8. The van der Waals surface area contributed by atoms with Crippen LogP contribution in [0.2, 0.25) is 0 Å². The molecule has 0 bridgehead atoms. The first-order chi connectivity index (χ1) is 14.0. The molecule has 0 spiro atoms. The molecule has 2 aromatic carbocycles. The van der Waals surface area contributed by atoms with Crippen molar-refractivity contribution in [3.05, 3.63) is 53.1 Å². The number of hydrogen-bond donors (Lipinski definition) is 0. The maximum Gasteiger partial charge on any atom is 0.254 e. The SMILES string of the molecule is COc1ccc(OC)c(CN(C(=O)c2ccc3c(c2)CCN3C(C)=O)C2CC2)c1. The molecule has 29 heavy (non-hydrogen) atoms. The number of methoxy groups -OCH3 is 2. The van der Waals surface area contributed by atoms with Gasteiger partial charge in [0.05, 0.1) is 20.8 Å². The highest BCUT2D eigenvalue weighted by atomic mass is 16.5. The van der Waals surface area contributed by atoms with E-state index in [4.69, 9.17) is 9.47 Å². The van der Waals surface area contributed by atoms with E-state index >= 15 is 0 Å². The third-order valence-corrected chi connectivity index (χ3v) is 5.68. The second-order valence-corrected chi connectivity index (χ2v) is 7.61. The van der Waals surface area contributed by atoms with Crippen LogP contribution in [0.3, 0.4) is 0 Å². The number of anilines is 1. The van der Waals surface area contributed by atoms with Crippen molar-refractivity contribution in [3.63, 3.8) is 0 Å². The molecule has 6 heteroatoms. The largest absolute Gasteiger partial charge is 0.497 e. The van der Waals surface area contributed by atoms with Crippen molar-refractivity contribution in [3.8, 4) is 11.5 Å². The fraction of sp³-hybridized carbons (Fsp3) is 0.391.